The number of halogens is 4. The lowest BCUT2D eigenvalue weighted by molar-refractivity contribution is 0.404. The molecule has 4 nitrogen and oxygen atoms in total. The van der Waals surface area contributed by atoms with Gasteiger partial charge in [-0.25, -0.2) is 37.5 Å². The number of nitrogens with zero attached hydrogens (tertiary/aromatic N) is 4. The maximum Gasteiger partial charge on any atom is 0.170 e. The molecule has 9 heterocycles. The van der Waals surface area contributed by atoms with E-state index in [-0.39, 0.29) is 44.3 Å². The number of hydrogen-bond donors (Lipinski definition) is 0. The Morgan fingerprint density at radius 3 is 0.760 bits per heavy atom. The normalized spacial score (nSPS) is 13.0. The number of aromatic nitrogens is 4. The molecule has 0 fully saturated rings. The van der Waals surface area contributed by atoms with E-state index in [1.54, 1.807) is 56.7 Å². The van der Waals surface area contributed by atoms with E-state index in [2.05, 4.69) is 110 Å². The van der Waals surface area contributed by atoms with Crippen LogP contribution in [0.3, 0.4) is 0 Å². The molecule has 0 N–H and O–H groups in total. The Morgan fingerprint density at radius 2 is 0.480 bits per heavy atom. The van der Waals surface area contributed by atoms with E-state index in [1.165, 1.54) is 363 Å². The molecule has 0 bridgehead atoms. The smallest absolute Gasteiger partial charge is 0.170 e. The summed E-state index contributed by atoms with van der Waals surface area (Å²) in [6.07, 6.45) is 66.4. The minimum absolute atomic E-state index is 0.0293. The number of thiophene rings is 7. The van der Waals surface area contributed by atoms with Crippen LogP contribution in [0.15, 0.2) is 95.7 Å². The molecular formula is C110H150F4N4S7. The third-order valence-corrected chi connectivity index (χ3v) is 33.7. The third kappa shape index (κ3) is 30.3. The second-order valence-electron chi connectivity index (χ2n) is 36.5. The molecule has 9 aromatic heterocycles. The zero-order valence-corrected chi connectivity index (χ0v) is 83.3. The zero-order valence-electron chi connectivity index (χ0n) is 77.6. The number of unbranched alkanes of at least 4 members (excludes halogenated alkanes) is 32. The molecule has 15 heteroatoms. The molecule has 11 rings (SSSR count). The van der Waals surface area contributed by atoms with Crippen molar-refractivity contribution in [3.63, 3.8) is 0 Å². The summed E-state index contributed by atoms with van der Waals surface area (Å²) in [5.74, 6) is -2.26. The van der Waals surface area contributed by atoms with Crippen molar-refractivity contribution in [1.82, 2.24) is 19.9 Å². The first-order valence-electron chi connectivity index (χ1n) is 50.1. The summed E-state index contributed by atoms with van der Waals surface area (Å²) in [6.45, 7) is 18.3. The maximum absolute atomic E-state index is 18.7. The predicted octanol–water partition coefficient (Wildman–Crippen LogP) is 39.9. The van der Waals surface area contributed by atoms with Gasteiger partial charge < -0.3 is 0 Å². The summed E-state index contributed by atoms with van der Waals surface area (Å²) < 4.78 is 74.1. The van der Waals surface area contributed by atoms with E-state index in [0.717, 1.165) is 54.9 Å². The Kier molecular flexibility index (Phi) is 44.5. The molecule has 0 aliphatic carbocycles. The van der Waals surface area contributed by atoms with Crippen LogP contribution >= 0.6 is 79.4 Å². The Labute approximate surface area is 780 Å². The molecule has 0 saturated carbocycles. The zero-order chi connectivity index (χ0) is 87.8. The first-order chi connectivity index (χ1) is 61.4. The Hall–Kier alpha value is -5.52. The second kappa shape index (κ2) is 55.6. The molecule has 4 unspecified atom stereocenters. The van der Waals surface area contributed by atoms with Gasteiger partial charge in [0.15, 0.2) is 23.3 Å². The van der Waals surface area contributed by atoms with Crippen LogP contribution < -0.4 is 0 Å². The summed E-state index contributed by atoms with van der Waals surface area (Å²) in [6, 6.07) is 29.5. The molecule has 11 aromatic rings. The van der Waals surface area contributed by atoms with E-state index in [4.69, 9.17) is 19.9 Å². The van der Waals surface area contributed by atoms with Crippen LogP contribution in [0.2, 0.25) is 0 Å². The van der Waals surface area contributed by atoms with Crippen LogP contribution in [0.1, 0.15) is 394 Å². The average molecular weight is 1830 g/mol. The van der Waals surface area contributed by atoms with Crippen molar-refractivity contribution < 1.29 is 17.6 Å². The predicted molar refractivity (Wildman–Crippen MR) is 547 cm³/mol. The summed E-state index contributed by atoms with van der Waals surface area (Å²) in [4.78, 5) is 34.7. The molecule has 0 amide bonds. The monoisotopic (exact) mass is 1830 g/mol. The van der Waals surface area contributed by atoms with Crippen LogP contribution in [-0.4, -0.2) is 19.9 Å². The quantitative estimate of drug-likeness (QED) is 0.0217. The molecular weight excluding hydrogens is 1680 g/mol. The van der Waals surface area contributed by atoms with E-state index in [1.807, 2.05) is 41.1 Å². The molecule has 4 atom stereocenters. The molecule has 680 valence electrons. The van der Waals surface area contributed by atoms with Crippen molar-refractivity contribution in [2.45, 2.75) is 389 Å². The van der Waals surface area contributed by atoms with Gasteiger partial charge in [-0.15, -0.1) is 79.4 Å². The van der Waals surface area contributed by atoms with Crippen molar-refractivity contribution in [2.24, 2.45) is 23.7 Å². The lowest BCUT2D eigenvalue weighted by atomic mass is 9.91. The highest BCUT2D eigenvalue weighted by Gasteiger charge is 2.31. The number of benzene rings is 2. The van der Waals surface area contributed by atoms with Gasteiger partial charge in [-0.2, -0.15) is 0 Å². The molecule has 0 saturated heterocycles. The van der Waals surface area contributed by atoms with Gasteiger partial charge in [0.05, 0.1) is 30.6 Å². The summed E-state index contributed by atoms with van der Waals surface area (Å²) >= 11 is 11.3. The van der Waals surface area contributed by atoms with E-state index < -0.39 is 23.3 Å². The summed E-state index contributed by atoms with van der Waals surface area (Å²) in [7, 11) is 0. The maximum atomic E-state index is 18.7. The fourth-order valence-electron chi connectivity index (χ4n) is 18.8. The highest BCUT2D eigenvalue weighted by atomic mass is 32.1. The van der Waals surface area contributed by atoms with Gasteiger partial charge >= 0.3 is 0 Å². The SMILES string of the molecule is CCCCCCCCC(CCCCCC)Cc1ccc(-c2nc3c(/C=C/c4c(F)c(F)c(-c5ccc(-c6cccs6)s5)c5nc(-c6ccc(CC(CCCCCC)CCCCCCCC)s6)c(-c6ccc(CC(CCCCCC)CCCCCCCC)s6)nc45)c(F)c(F)c(-c4cccs4)c3nc2-c2ccc(CC(CCCCCC)CCCCCCCC)s2)s1. The summed E-state index contributed by atoms with van der Waals surface area (Å²) in [5.41, 5.74) is 2.82. The van der Waals surface area contributed by atoms with E-state index in [0.29, 0.717) is 56.2 Å². The van der Waals surface area contributed by atoms with Crippen LogP contribution in [-0.2, 0) is 25.7 Å². The van der Waals surface area contributed by atoms with Gasteiger partial charge in [0.2, 0.25) is 0 Å². The first kappa shape index (κ1) is 100. The minimum atomic E-state index is -1.14. The fourth-order valence-corrected chi connectivity index (χ4v) is 25.9. The van der Waals surface area contributed by atoms with Crippen molar-refractivity contribution >= 4 is 114 Å². The number of fused-ring (bicyclic) bond motifs is 2. The highest BCUT2D eigenvalue weighted by molar-refractivity contribution is 7.23. The third-order valence-electron chi connectivity index (χ3n) is 26.1. The Morgan fingerprint density at radius 1 is 0.240 bits per heavy atom. The first-order valence-corrected chi connectivity index (χ1v) is 55.9. The van der Waals surface area contributed by atoms with Crippen molar-refractivity contribution in [3.8, 4) is 72.9 Å². The number of hydrogen-bond acceptors (Lipinski definition) is 11. The van der Waals surface area contributed by atoms with Gasteiger partial charge in [-0.3, -0.25) is 0 Å². The molecule has 125 heavy (non-hydrogen) atoms. The molecule has 0 aliphatic rings. The largest absolute Gasteiger partial charge is 0.242 e. The van der Waals surface area contributed by atoms with Crippen LogP contribution in [0.25, 0.3) is 107 Å². The second-order valence-corrected chi connectivity index (χ2v) is 44.1. The molecule has 0 aliphatic heterocycles. The number of rotatable bonds is 65. The van der Waals surface area contributed by atoms with E-state index >= 15 is 17.6 Å². The van der Waals surface area contributed by atoms with Gasteiger partial charge in [0, 0.05) is 50.1 Å². The van der Waals surface area contributed by atoms with Crippen LogP contribution in [0.4, 0.5) is 17.6 Å². The Balaban J connectivity index is 1.09. The Bertz CT molecular complexity index is 4900. The van der Waals surface area contributed by atoms with Crippen molar-refractivity contribution in [3.05, 3.63) is 150 Å². The molecule has 2 aromatic carbocycles. The van der Waals surface area contributed by atoms with Gasteiger partial charge in [0.25, 0.3) is 0 Å². The average Bonchev–Trinajstić information content (AvgIpc) is 1.71. The van der Waals surface area contributed by atoms with Gasteiger partial charge in [0.1, 0.15) is 44.8 Å². The van der Waals surface area contributed by atoms with Gasteiger partial charge in [-0.1, -0.05) is 376 Å². The van der Waals surface area contributed by atoms with Gasteiger partial charge in [-0.05, 0) is 145 Å². The lowest BCUT2D eigenvalue weighted by Gasteiger charge is -2.17. The van der Waals surface area contributed by atoms with Crippen LogP contribution in [0, 0.1) is 46.9 Å². The highest BCUT2D eigenvalue weighted by Crippen LogP contribution is 2.49. The molecule has 0 radical (unpaired) electrons. The lowest BCUT2D eigenvalue weighted by Crippen LogP contribution is -2.04. The van der Waals surface area contributed by atoms with E-state index in [9.17, 15) is 0 Å². The summed E-state index contributed by atoms with van der Waals surface area (Å²) in [5, 5.41) is 3.92. The topological polar surface area (TPSA) is 51.6 Å². The molecule has 0 spiro atoms. The minimum Gasteiger partial charge on any atom is -0.242 e. The fraction of sp³-hybridized carbons (Fsp3) is 0.582. The van der Waals surface area contributed by atoms with Crippen molar-refractivity contribution in [2.75, 3.05) is 0 Å². The standard InChI is InChI=1S/C110H150F4N4S7/c1-9-17-25-33-37-45-55-79(51-41-29-21-13-5)75-83-61-67-93(121-83)105-107(95-69-63-85(123-95)77-81(53-43-31-23-15-7)57-47-39-35-27-19-11-3)117-109-97(91-60-50-74-120-91)101(113)99(111)87(103(109)115-105)65-66-88-100(112)102(114)98(92-72-71-90(125-92)89-59-49-73-119-89)110-104(88)116-106(94-68-62-84(122-94)76-80(52-42-30-22-14-6)56-46-38-34-26-18-10-2)108(118-110)96-70-64-86(124-96)78-82(54-44-32-24-16-8)58-48-40-36-28-20-12-4/h49-50,59-74,79-82H,9-48,51-58,75-78H2,1-8H3/b66-65+. The van der Waals surface area contributed by atoms with Crippen LogP contribution in [0.5, 0.6) is 0 Å². The van der Waals surface area contributed by atoms with Crippen molar-refractivity contribution in [1.29, 1.82) is 0 Å².